The summed E-state index contributed by atoms with van der Waals surface area (Å²) in [4.78, 5) is 20.0. The van der Waals surface area contributed by atoms with Crippen LogP contribution in [0.25, 0.3) is 11.2 Å². The van der Waals surface area contributed by atoms with E-state index < -0.39 is 0 Å². The minimum Gasteiger partial charge on any atom is -0.357 e. The molecule has 6 heteroatoms. The molecule has 1 saturated heterocycles. The summed E-state index contributed by atoms with van der Waals surface area (Å²) in [5.74, 6) is 2.89. The Hall–Kier alpha value is -2.50. The summed E-state index contributed by atoms with van der Waals surface area (Å²) in [5.41, 5.74) is 1.57. The van der Waals surface area contributed by atoms with Gasteiger partial charge in [-0.1, -0.05) is 0 Å². The number of hydrogen-bond acceptors (Lipinski definition) is 5. The monoisotopic (exact) mass is 308 g/mol. The molecule has 0 aromatic carbocycles. The molecule has 3 aromatic rings. The van der Waals surface area contributed by atoms with Crippen LogP contribution < -0.4 is 4.90 Å². The number of nitrogens with zero attached hydrogens (tertiary/aromatic N) is 6. The molecule has 23 heavy (non-hydrogen) atoms. The molecule has 0 unspecified atom stereocenters. The predicted octanol–water partition coefficient (Wildman–Crippen LogP) is 2.22. The summed E-state index contributed by atoms with van der Waals surface area (Å²) in [6.07, 6.45) is 10.7. The van der Waals surface area contributed by atoms with Crippen molar-refractivity contribution in [1.29, 1.82) is 0 Å². The van der Waals surface area contributed by atoms with Crippen LogP contribution in [0.15, 0.2) is 36.9 Å². The smallest absolute Gasteiger partial charge is 0.180 e. The summed E-state index contributed by atoms with van der Waals surface area (Å²) in [7, 11) is 2.07. The van der Waals surface area contributed by atoms with E-state index in [9.17, 15) is 0 Å². The highest BCUT2D eigenvalue weighted by Gasteiger charge is 2.21. The normalized spacial score (nSPS) is 16.1. The minimum absolute atomic E-state index is 0.701. The number of fused-ring (bicyclic) bond motifs is 1. The molecular weight excluding hydrogens is 288 g/mol. The van der Waals surface area contributed by atoms with Gasteiger partial charge in [-0.2, -0.15) is 0 Å². The van der Waals surface area contributed by atoms with Crippen molar-refractivity contribution in [3.63, 3.8) is 0 Å². The van der Waals surface area contributed by atoms with Gasteiger partial charge in [0.1, 0.15) is 17.2 Å². The number of aryl methyl sites for hydroxylation is 1. The van der Waals surface area contributed by atoms with Crippen molar-refractivity contribution < 1.29 is 0 Å². The van der Waals surface area contributed by atoms with Gasteiger partial charge in [-0.25, -0.2) is 15.0 Å². The third-order valence-corrected chi connectivity index (χ3v) is 4.65. The first kappa shape index (κ1) is 14.1. The fourth-order valence-electron chi connectivity index (χ4n) is 3.24. The van der Waals surface area contributed by atoms with E-state index in [-0.39, 0.29) is 0 Å². The lowest BCUT2D eigenvalue weighted by molar-refractivity contribution is 0.392. The zero-order chi connectivity index (χ0) is 15.6. The van der Waals surface area contributed by atoms with E-state index in [1.54, 1.807) is 12.4 Å². The molecule has 0 bridgehead atoms. The van der Waals surface area contributed by atoms with Crippen LogP contribution in [-0.4, -0.2) is 37.6 Å². The molecule has 0 radical (unpaired) electrons. The van der Waals surface area contributed by atoms with Crippen LogP contribution in [0.1, 0.15) is 18.7 Å². The molecule has 6 nitrogen and oxygen atoms in total. The van der Waals surface area contributed by atoms with Gasteiger partial charge in [0.05, 0.1) is 0 Å². The Kier molecular flexibility index (Phi) is 3.65. The lowest BCUT2D eigenvalue weighted by Crippen LogP contribution is -2.35. The Labute approximate surface area is 135 Å². The Balaban J connectivity index is 1.43. The number of imidazole rings is 1. The summed E-state index contributed by atoms with van der Waals surface area (Å²) in [6, 6.07) is 4.06. The maximum absolute atomic E-state index is 4.65. The largest absolute Gasteiger partial charge is 0.357 e. The number of anilines is 1. The molecular formula is C17H20N6. The molecule has 1 fully saturated rings. The number of pyridine rings is 1. The van der Waals surface area contributed by atoms with Gasteiger partial charge in [-0.15, -0.1) is 0 Å². The molecule has 4 heterocycles. The zero-order valence-corrected chi connectivity index (χ0v) is 13.3. The summed E-state index contributed by atoms with van der Waals surface area (Å²) < 4.78 is 2.12. The highest BCUT2D eigenvalue weighted by molar-refractivity contribution is 5.71. The second-order valence-corrected chi connectivity index (χ2v) is 6.16. The molecule has 0 amide bonds. The minimum atomic E-state index is 0.701. The molecule has 0 saturated carbocycles. The van der Waals surface area contributed by atoms with E-state index in [0.29, 0.717) is 5.92 Å². The maximum Gasteiger partial charge on any atom is 0.180 e. The van der Waals surface area contributed by atoms with E-state index in [4.69, 9.17) is 0 Å². The van der Waals surface area contributed by atoms with Crippen molar-refractivity contribution in [3.8, 4) is 0 Å². The average Bonchev–Trinajstić information content (AvgIpc) is 3.00. The zero-order valence-electron chi connectivity index (χ0n) is 13.3. The topological polar surface area (TPSA) is 59.7 Å². The SMILES string of the molecule is Cn1ccnc1CC1CCN(c2ccc3nccnc3n2)CC1. The van der Waals surface area contributed by atoms with Crippen molar-refractivity contribution >= 4 is 17.0 Å². The molecule has 1 aliphatic rings. The van der Waals surface area contributed by atoms with Crippen LogP contribution in [0.5, 0.6) is 0 Å². The van der Waals surface area contributed by atoms with Crippen LogP contribution >= 0.6 is 0 Å². The fourth-order valence-corrected chi connectivity index (χ4v) is 3.24. The van der Waals surface area contributed by atoms with Crippen LogP contribution in [0, 0.1) is 5.92 Å². The maximum atomic E-state index is 4.65. The van der Waals surface area contributed by atoms with Crippen molar-refractivity contribution in [3.05, 3.63) is 42.7 Å². The predicted molar refractivity (Wildman–Crippen MR) is 89.2 cm³/mol. The van der Waals surface area contributed by atoms with E-state index in [2.05, 4.69) is 42.5 Å². The third kappa shape index (κ3) is 2.88. The van der Waals surface area contributed by atoms with Crippen LogP contribution in [-0.2, 0) is 13.5 Å². The van der Waals surface area contributed by atoms with Crippen molar-refractivity contribution in [2.24, 2.45) is 13.0 Å². The summed E-state index contributed by atoms with van der Waals surface area (Å²) in [5, 5.41) is 0. The first-order chi connectivity index (χ1) is 11.3. The van der Waals surface area contributed by atoms with Gasteiger partial charge < -0.3 is 9.47 Å². The molecule has 0 atom stereocenters. The van der Waals surface area contributed by atoms with Gasteiger partial charge in [0.2, 0.25) is 0 Å². The second-order valence-electron chi connectivity index (χ2n) is 6.16. The lowest BCUT2D eigenvalue weighted by atomic mass is 9.93. The Bertz CT molecular complexity index is 803. The van der Waals surface area contributed by atoms with E-state index in [1.165, 1.54) is 18.7 Å². The lowest BCUT2D eigenvalue weighted by Gasteiger charge is -2.32. The van der Waals surface area contributed by atoms with Crippen molar-refractivity contribution in [2.45, 2.75) is 19.3 Å². The standard InChI is InChI=1S/C17H20N6/c1-22-11-8-19-16(22)12-13-4-9-23(10-5-13)15-3-2-14-17(21-15)20-7-6-18-14/h2-3,6-8,11,13H,4-5,9-10,12H2,1H3. The first-order valence-electron chi connectivity index (χ1n) is 8.08. The fraction of sp³-hybridized carbons (Fsp3) is 0.412. The van der Waals surface area contributed by atoms with Gasteiger partial charge in [0.25, 0.3) is 0 Å². The van der Waals surface area contributed by atoms with Gasteiger partial charge >= 0.3 is 0 Å². The number of hydrogen-bond donors (Lipinski definition) is 0. The molecule has 0 spiro atoms. The summed E-state index contributed by atoms with van der Waals surface area (Å²) >= 11 is 0. The van der Waals surface area contributed by atoms with E-state index in [1.807, 2.05) is 18.5 Å². The van der Waals surface area contributed by atoms with Crippen LogP contribution in [0.3, 0.4) is 0 Å². The summed E-state index contributed by atoms with van der Waals surface area (Å²) in [6.45, 7) is 2.07. The van der Waals surface area contributed by atoms with E-state index >= 15 is 0 Å². The Morgan fingerprint density at radius 3 is 2.65 bits per heavy atom. The Morgan fingerprint density at radius 2 is 1.87 bits per heavy atom. The van der Waals surface area contributed by atoms with Gasteiger partial charge in [-0.05, 0) is 30.9 Å². The molecule has 1 aliphatic heterocycles. The highest BCUT2D eigenvalue weighted by Crippen LogP contribution is 2.25. The second kappa shape index (κ2) is 5.95. The van der Waals surface area contributed by atoms with Gasteiger partial charge in [0.15, 0.2) is 5.65 Å². The number of aromatic nitrogens is 5. The third-order valence-electron chi connectivity index (χ3n) is 4.65. The average molecular weight is 308 g/mol. The van der Waals surface area contributed by atoms with Crippen molar-refractivity contribution in [2.75, 3.05) is 18.0 Å². The Morgan fingerprint density at radius 1 is 1.04 bits per heavy atom. The first-order valence-corrected chi connectivity index (χ1v) is 8.08. The number of rotatable bonds is 3. The molecule has 4 rings (SSSR count). The van der Waals surface area contributed by atoms with E-state index in [0.717, 1.165) is 36.5 Å². The van der Waals surface area contributed by atoms with Gasteiger partial charge in [0, 0.05) is 51.3 Å². The van der Waals surface area contributed by atoms with Crippen LogP contribution in [0.4, 0.5) is 5.82 Å². The highest BCUT2D eigenvalue weighted by atomic mass is 15.2. The molecule has 0 N–H and O–H groups in total. The van der Waals surface area contributed by atoms with Gasteiger partial charge in [-0.3, -0.25) is 4.98 Å². The van der Waals surface area contributed by atoms with Crippen LogP contribution in [0.2, 0.25) is 0 Å². The van der Waals surface area contributed by atoms with Crippen molar-refractivity contribution in [1.82, 2.24) is 24.5 Å². The molecule has 0 aliphatic carbocycles. The number of piperidine rings is 1. The quantitative estimate of drug-likeness (QED) is 0.742. The molecule has 118 valence electrons. The molecule has 3 aromatic heterocycles.